The summed E-state index contributed by atoms with van der Waals surface area (Å²) in [5.41, 5.74) is 1.79. The Hall–Kier alpha value is -2.11. The van der Waals surface area contributed by atoms with Crippen molar-refractivity contribution in [2.75, 3.05) is 7.11 Å². The molecule has 1 aromatic heterocycles. The average molecular weight is 320 g/mol. The van der Waals surface area contributed by atoms with Gasteiger partial charge in [0.1, 0.15) is 10.8 Å². The number of methoxy groups -OCH3 is 1. The van der Waals surface area contributed by atoms with E-state index in [9.17, 15) is 4.79 Å². The lowest BCUT2D eigenvalue weighted by atomic mass is 10.2. The monoisotopic (exact) mass is 319 g/mol. The second kappa shape index (κ2) is 5.35. The molecule has 0 atom stereocenters. The number of nitrogens with zero attached hydrogens (tertiary/aromatic N) is 1. The Labute approximate surface area is 129 Å². The highest BCUT2D eigenvalue weighted by atomic mass is 35.5. The van der Waals surface area contributed by atoms with Crippen molar-refractivity contribution in [3.63, 3.8) is 0 Å². The van der Waals surface area contributed by atoms with Crippen LogP contribution in [0, 0.1) is 0 Å². The summed E-state index contributed by atoms with van der Waals surface area (Å²) in [6.45, 7) is 0. The summed E-state index contributed by atoms with van der Waals surface area (Å²) in [4.78, 5) is 15.5. The van der Waals surface area contributed by atoms with Crippen molar-refractivity contribution in [3.05, 3.63) is 47.0 Å². The van der Waals surface area contributed by atoms with Crippen LogP contribution in [-0.4, -0.2) is 23.2 Å². The Balaban J connectivity index is 2.17. The van der Waals surface area contributed by atoms with Crippen molar-refractivity contribution in [1.82, 2.24) is 4.98 Å². The molecule has 1 N–H and O–H groups in total. The highest BCUT2D eigenvalue weighted by molar-refractivity contribution is 7.21. The van der Waals surface area contributed by atoms with E-state index in [-0.39, 0.29) is 5.56 Å². The van der Waals surface area contributed by atoms with Gasteiger partial charge in [0.25, 0.3) is 0 Å². The Kier molecular flexibility index (Phi) is 3.53. The molecule has 0 fully saturated rings. The summed E-state index contributed by atoms with van der Waals surface area (Å²) in [6.07, 6.45) is 0. The van der Waals surface area contributed by atoms with Gasteiger partial charge < -0.3 is 9.84 Å². The standard InChI is InChI=1S/C15H10ClNO3S/c1-20-12-5-3-9(16)7-10(12)14-17-11-4-2-8(15(18)19)6-13(11)21-14/h2-7H,1H3,(H,18,19). The van der Waals surface area contributed by atoms with E-state index in [2.05, 4.69) is 4.98 Å². The molecule has 21 heavy (non-hydrogen) atoms. The van der Waals surface area contributed by atoms with E-state index in [0.29, 0.717) is 10.8 Å². The maximum absolute atomic E-state index is 11.0. The van der Waals surface area contributed by atoms with Gasteiger partial charge in [-0.15, -0.1) is 11.3 Å². The van der Waals surface area contributed by atoms with Crippen LogP contribution < -0.4 is 4.74 Å². The van der Waals surface area contributed by atoms with E-state index in [0.717, 1.165) is 20.8 Å². The second-order valence-corrected chi connectivity index (χ2v) is 5.82. The zero-order valence-corrected chi connectivity index (χ0v) is 12.5. The van der Waals surface area contributed by atoms with E-state index >= 15 is 0 Å². The first-order valence-electron chi connectivity index (χ1n) is 6.06. The van der Waals surface area contributed by atoms with Gasteiger partial charge in [-0.05, 0) is 36.4 Å². The molecule has 0 saturated heterocycles. The number of thiazole rings is 1. The number of carboxylic acids is 1. The average Bonchev–Trinajstić information content (AvgIpc) is 2.89. The maximum Gasteiger partial charge on any atom is 0.335 e. The first-order valence-corrected chi connectivity index (χ1v) is 7.26. The summed E-state index contributed by atoms with van der Waals surface area (Å²) in [5.74, 6) is -0.274. The van der Waals surface area contributed by atoms with Gasteiger partial charge in [0.15, 0.2) is 0 Å². The van der Waals surface area contributed by atoms with Crippen LogP contribution in [0.3, 0.4) is 0 Å². The van der Waals surface area contributed by atoms with Gasteiger partial charge in [-0.25, -0.2) is 9.78 Å². The molecule has 0 saturated carbocycles. The Bertz CT molecular complexity index is 844. The SMILES string of the molecule is COc1ccc(Cl)cc1-c1nc2ccc(C(=O)O)cc2s1. The fourth-order valence-electron chi connectivity index (χ4n) is 2.02. The molecule has 3 aromatic rings. The lowest BCUT2D eigenvalue weighted by Gasteiger charge is -2.05. The third-order valence-corrected chi connectivity index (χ3v) is 4.31. The minimum atomic E-state index is -0.952. The molecule has 106 valence electrons. The van der Waals surface area contributed by atoms with Crippen LogP contribution in [0.5, 0.6) is 5.75 Å². The Morgan fingerprint density at radius 2 is 2.10 bits per heavy atom. The number of ether oxygens (including phenoxy) is 1. The molecule has 3 rings (SSSR count). The smallest absolute Gasteiger partial charge is 0.335 e. The highest BCUT2D eigenvalue weighted by Crippen LogP contribution is 2.37. The minimum absolute atomic E-state index is 0.246. The normalized spacial score (nSPS) is 10.8. The second-order valence-electron chi connectivity index (χ2n) is 4.35. The van der Waals surface area contributed by atoms with E-state index in [4.69, 9.17) is 21.4 Å². The number of benzene rings is 2. The summed E-state index contributed by atoms with van der Waals surface area (Å²) in [6, 6.07) is 10.2. The van der Waals surface area contributed by atoms with Gasteiger partial charge in [-0.3, -0.25) is 0 Å². The third-order valence-electron chi connectivity index (χ3n) is 3.03. The van der Waals surface area contributed by atoms with Crippen LogP contribution in [-0.2, 0) is 0 Å². The van der Waals surface area contributed by atoms with Gasteiger partial charge in [0.2, 0.25) is 0 Å². The van der Waals surface area contributed by atoms with Crippen LogP contribution in [0.2, 0.25) is 5.02 Å². The fourth-order valence-corrected chi connectivity index (χ4v) is 3.22. The molecule has 0 radical (unpaired) electrons. The van der Waals surface area contributed by atoms with Gasteiger partial charge in [-0.2, -0.15) is 0 Å². The lowest BCUT2D eigenvalue weighted by molar-refractivity contribution is 0.0697. The van der Waals surface area contributed by atoms with Gasteiger partial charge >= 0.3 is 5.97 Å². The third kappa shape index (κ3) is 2.57. The number of carboxylic acid groups (broad SMARTS) is 1. The van der Waals surface area contributed by atoms with Gasteiger partial charge in [0.05, 0.1) is 28.5 Å². The first kappa shape index (κ1) is 13.9. The van der Waals surface area contributed by atoms with Crippen LogP contribution in [0.15, 0.2) is 36.4 Å². The van der Waals surface area contributed by atoms with Crippen molar-refractivity contribution in [3.8, 4) is 16.3 Å². The molecular formula is C15H10ClNO3S. The predicted molar refractivity (Wildman–Crippen MR) is 83.6 cm³/mol. The molecule has 0 unspecified atom stereocenters. The fraction of sp³-hybridized carbons (Fsp3) is 0.0667. The van der Waals surface area contributed by atoms with Crippen LogP contribution in [0.25, 0.3) is 20.8 Å². The first-order chi connectivity index (χ1) is 10.1. The zero-order valence-electron chi connectivity index (χ0n) is 11.0. The van der Waals surface area contributed by atoms with Crippen molar-refractivity contribution in [2.24, 2.45) is 0 Å². The number of aromatic carboxylic acids is 1. The van der Waals surface area contributed by atoms with Crippen molar-refractivity contribution < 1.29 is 14.6 Å². The van der Waals surface area contributed by atoms with E-state index < -0.39 is 5.97 Å². The van der Waals surface area contributed by atoms with Gasteiger partial charge in [-0.1, -0.05) is 11.6 Å². The maximum atomic E-state index is 11.0. The summed E-state index contributed by atoms with van der Waals surface area (Å²) >= 11 is 7.44. The quantitative estimate of drug-likeness (QED) is 0.781. The molecule has 2 aromatic carbocycles. The number of halogens is 1. The molecule has 0 amide bonds. The number of rotatable bonds is 3. The van der Waals surface area contributed by atoms with E-state index in [1.807, 2.05) is 0 Å². The molecular weight excluding hydrogens is 310 g/mol. The molecule has 0 aliphatic heterocycles. The van der Waals surface area contributed by atoms with Crippen molar-refractivity contribution in [2.45, 2.75) is 0 Å². The number of carbonyl (C=O) groups is 1. The zero-order chi connectivity index (χ0) is 15.0. The topological polar surface area (TPSA) is 59.4 Å². The molecule has 0 bridgehead atoms. The van der Waals surface area contributed by atoms with Crippen LogP contribution in [0.1, 0.15) is 10.4 Å². The number of hydrogen-bond acceptors (Lipinski definition) is 4. The number of hydrogen-bond donors (Lipinski definition) is 1. The van der Waals surface area contributed by atoms with Crippen LogP contribution >= 0.6 is 22.9 Å². The Morgan fingerprint density at radius 1 is 1.29 bits per heavy atom. The summed E-state index contributed by atoms with van der Waals surface area (Å²) in [7, 11) is 1.59. The number of aromatic nitrogens is 1. The number of fused-ring (bicyclic) bond motifs is 1. The molecule has 0 spiro atoms. The largest absolute Gasteiger partial charge is 0.496 e. The van der Waals surface area contributed by atoms with Crippen LogP contribution in [0.4, 0.5) is 0 Å². The molecule has 0 aliphatic rings. The lowest BCUT2D eigenvalue weighted by Crippen LogP contribution is -1.94. The van der Waals surface area contributed by atoms with Gasteiger partial charge in [0, 0.05) is 5.02 Å². The highest BCUT2D eigenvalue weighted by Gasteiger charge is 2.13. The molecule has 6 heteroatoms. The Morgan fingerprint density at radius 3 is 2.81 bits per heavy atom. The van der Waals surface area contributed by atoms with Crippen molar-refractivity contribution in [1.29, 1.82) is 0 Å². The van der Waals surface area contributed by atoms with E-state index in [1.54, 1.807) is 43.5 Å². The van der Waals surface area contributed by atoms with Crippen molar-refractivity contribution >= 4 is 39.1 Å². The summed E-state index contributed by atoms with van der Waals surface area (Å²) < 4.78 is 6.14. The minimum Gasteiger partial charge on any atom is -0.496 e. The summed E-state index contributed by atoms with van der Waals surface area (Å²) in [5, 5.41) is 10.4. The molecule has 0 aliphatic carbocycles. The van der Waals surface area contributed by atoms with E-state index in [1.165, 1.54) is 11.3 Å². The molecule has 1 heterocycles. The predicted octanol–water partition coefficient (Wildman–Crippen LogP) is 4.32. The molecule has 4 nitrogen and oxygen atoms in total.